The van der Waals surface area contributed by atoms with Gasteiger partial charge in [0.15, 0.2) is 9.84 Å². The van der Waals surface area contributed by atoms with E-state index in [4.69, 9.17) is 5.11 Å². The molecule has 0 amide bonds. The zero-order valence-electron chi connectivity index (χ0n) is 10.4. The number of carbonyl (C=O) groups is 1. The number of hydrogen-bond donors (Lipinski definition) is 2. The molecule has 2 aliphatic heterocycles. The first-order valence-electron chi connectivity index (χ1n) is 6.09. The smallest absolute Gasteiger partial charge is 0.309 e. The minimum absolute atomic E-state index is 0.0159. The number of piperidine rings is 1. The Morgan fingerprint density at radius 1 is 1.28 bits per heavy atom. The maximum absolute atomic E-state index is 11.4. The SMILES string of the molecule is CC1(C(=O)O)CCN(C2CS(=O)(=O)CC2O)CC1. The van der Waals surface area contributed by atoms with E-state index in [1.807, 2.05) is 4.90 Å². The number of sulfone groups is 1. The monoisotopic (exact) mass is 277 g/mol. The molecule has 2 rings (SSSR count). The van der Waals surface area contributed by atoms with Crippen molar-refractivity contribution in [3.05, 3.63) is 0 Å². The Bertz CT molecular complexity index is 438. The molecule has 2 heterocycles. The van der Waals surface area contributed by atoms with Gasteiger partial charge in [-0.25, -0.2) is 8.42 Å². The van der Waals surface area contributed by atoms with Crippen LogP contribution in [0, 0.1) is 5.41 Å². The van der Waals surface area contributed by atoms with E-state index in [0.717, 1.165) is 0 Å². The molecule has 2 N–H and O–H groups in total. The average molecular weight is 277 g/mol. The van der Waals surface area contributed by atoms with Crippen molar-refractivity contribution in [2.45, 2.75) is 31.9 Å². The highest BCUT2D eigenvalue weighted by Gasteiger charge is 2.44. The Morgan fingerprint density at radius 2 is 1.83 bits per heavy atom. The Kier molecular flexibility index (Phi) is 3.42. The van der Waals surface area contributed by atoms with E-state index in [9.17, 15) is 18.3 Å². The number of aliphatic hydroxyl groups is 1. The number of likely N-dealkylation sites (tertiary alicyclic amines) is 1. The van der Waals surface area contributed by atoms with E-state index < -0.39 is 27.3 Å². The molecular weight excluding hydrogens is 258 g/mol. The van der Waals surface area contributed by atoms with Crippen molar-refractivity contribution >= 4 is 15.8 Å². The van der Waals surface area contributed by atoms with Crippen LogP contribution in [0.2, 0.25) is 0 Å². The third kappa shape index (κ3) is 2.53. The van der Waals surface area contributed by atoms with E-state index in [0.29, 0.717) is 25.9 Å². The van der Waals surface area contributed by atoms with E-state index in [1.54, 1.807) is 6.92 Å². The number of carboxylic acid groups (broad SMARTS) is 1. The molecule has 18 heavy (non-hydrogen) atoms. The van der Waals surface area contributed by atoms with Crippen LogP contribution in [0.15, 0.2) is 0 Å². The molecule has 104 valence electrons. The van der Waals surface area contributed by atoms with Crippen LogP contribution in [-0.2, 0) is 14.6 Å². The van der Waals surface area contributed by atoms with Crippen molar-refractivity contribution < 1.29 is 23.4 Å². The van der Waals surface area contributed by atoms with Crippen molar-refractivity contribution in [3.8, 4) is 0 Å². The summed E-state index contributed by atoms with van der Waals surface area (Å²) in [6.07, 6.45) is 0.140. The van der Waals surface area contributed by atoms with Crippen LogP contribution in [0.5, 0.6) is 0 Å². The Morgan fingerprint density at radius 3 is 2.22 bits per heavy atom. The van der Waals surface area contributed by atoms with E-state index in [2.05, 4.69) is 0 Å². The van der Waals surface area contributed by atoms with Gasteiger partial charge in [0.1, 0.15) is 0 Å². The Balaban J connectivity index is 2.01. The van der Waals surface area contributed by atoms with Crippen LogP contribution >= 0.6 is 0 Å². The lowest BCUT2D eigenvalue weighted by atomic mass is 9.80. The lowest BCUT2D eigenvalue weighted by Crippen LogP contribution is -2.50. The van der Waals surface area contributed by atoms with Gasteiger partial charge < -0.3 is 10.2 Å². The fourth-order valence-electron chi connectivity index (χ4n) is 2.72. The molecule has 7 heteroatoms. The fraction of sp³-hybridized carbons (Fsp3) is 0.909. The molecule has 6 nitrogen and oxygen atoms in total. The molecule has 0 aromatic rings. The standard InChI is InChI=1S/C11H19NO5S/c1-11(10(14)15)2-4-12(5-3-11)8-6-18(16,17)7-9(8)13/h8-9,13H,2-7H2,1H3,(H,14,15). The number of aliphatic hydroxyl groups excluding tert-OH is 1. The minimum atomic E-state index is -3.15. The van der Waals surface area contributed by atoms with Crippen LogP contribution in [0.25, 0.3) is 0 Å². The van der Waals surface area contributed by atoms with E-state index in [1.165, 1.54) is 0 Å². The Hall–Kier alpha value is -0.660. The van der Waals surface area contributed by atoms with E-state index in [-0.39, 0.29) is 17.5 Å². The summed E-state index contributed by atoms with van der Waals surface area (Å²) in [4.78, 5) is 13.0. The van der Waals surface area contributed by atoms with E-state index >= 15 is 0 Å². The first-order valence-corrected chi connectivity index (χ1v) is 7.92. The molecule has 2 fully saturated rings. The quantitative estimate of drug-likeness (QED) is 0.695. The molecule has 0 aromatic carbocycles. The molecule has 0 bridgehead atoms. The second kappa shape index (κ2) is 4.47. The zero-order chi connectivity index (χ0) is 13.6. The minimum Gasteiger partial charge on any atom is -0.481 e. The maximum atomic E-state index is 11.4. The molecule has 0 spiro atoms. The third-order valence-electron chi connectivity index (χ3n) is 4.18. The van der Waals surface area contributed by atoms with Gasteiger partial charge in [-0.3, -0.25) is 9.69 Å². The van der Waals surface area contributed by atoms with Gasteiger partial charge >= 0.3 is 5.97 Å². The summed E-state index contributed by atoms with van der Waals surface area (Å²) in [7, 11) is -3.15. The second-order valence-electron chi connectivity index (χ2n) is 5.61. The highest BCUT2D eigenvalue weighted by atomic mass is 32.2. The summed E-state index contributed by atoms with van der Waals surface area (Å²) in [5.41, 5.74) is -0.723. The molecule has 2 aliphatic rings. The summed E-state index contributed by atoms with van der Waals surface area (Å²) in [6, 6.07) is -0.367. The lowest BCUT2D eigenvalue weighted by Gasteiger charge is -2.39. The van der Waals surface area contributed by atoms with Gasteiger partial charge in [0.05, 0.1) is 29.1 Å². The predicted molar refractivity (Wildman–Crippen MR) is 65.0 cm³/mol. The fourth-order valence-corrected chi connectivity index (χ4v) is 4.55. The molecule has 0 aromatic heterocycles. The van der Waals surface area contributed by atoms with Crippen molar-refractivity contribution in [1.82, 2.24) is 4.90 Å². The zero-order valence-corrected chi connectivity index (χ0v) is 11.2. The third-order valence-corrected chi connectivity index (χ3v) is 5.88. The number of nitrogens with zero attached hydrogens (tertiary/aromatic N) is 1. The average Bonchev–Trinajstić information content (AvgIpc) is 2.53. The molecule has 0 aliphatic carbocycles. The van der Waals surface area contributed by atoms with Crippen LogP contribution in [0.1, 0.15) is 19.8 Å². The van der Waals surface area contributed by atoms with Gasteiger partial charge in [-0.1, -0.05) is 0 Å². The van der Waals surface area contributed by atoms with Crippen LogP contribution < -0.4 is 0 Å². The lowest BCUT2D eigenvalue weighted by molar-refractivity contribution is -0.151. The molecule has 0 radical (unpaired) electrons. The molecule has 0 saturated carbocycles. The summed E-state index contributed by atoms with van der Waals surface area (Å²) < 4.78 is 22.9. The topological polar surface area (TPSA) is 94.9 Å². The van der Waals surface area contributed by atoms with Gasteiger partial charge in [0, 0.05) is 0 Å². The van der Waals surface area contributed by atoms with Crippen molar-refractivity contribution in [2.24, 2.45) is 5.41 Å². The number of carboxylic acids is 1. The summed E-state index contributed by atoms with van der Waals surface area (Å²) in [6.45, 7) is 2.77. The number of rotatable bonds is 2. The second-order valence-corrected chi connectivity index (χ2v) is 7.77. The van der Waals surface area contributed by atoms with Crippen molar-refractivity contribution in [1.29, 1.82) is 0 Å². The highest BCUT2D eigenvalue weighted by Crippen LogP contribution is 2.33. The van der Waals surface area contributed by atoms with Crippen LogP contribution in [0.3, 0.4) is 0 Å². The molecule has 2 atom stereocenters. The largest absolute Gasteiger partial charge is 0.481 e. The number of aliphatic carboxylic acids is 1. The van der Waals surface area contributed by atoms with Gasteiger partial charge in [0.25, 0.3) is 0 Å². The Labute approximate surface area is 107 Å². The van der Waals surface area contributed by atoms with Gasteiger partial charge in [0.2, 0.25) is 0 Å². The first-order chi connectivity index (χ1) is 8.23. The van der Waals surface area contributed by atoms with Gasteiger partial charge in [-0.15, -0.1) is 0 Å². The molecular formula is C11H19NO5S. The maximum Gasteiger partial charge on any atom is 0.309 e. The van der Waals surface area contributed by atoms with Crippen molar-refractivity contribution in [2.75, 3.05) is 24.6 Å². The van der Waals surface area contributed by atoms with Crippen LogP contribution in [-0.4, -0.2) is 66.2 Å². The molecule has 2 saturated heterocycles. The summed E-state index contributed by atoms with van der Waals surface area (Å²) in [5, 5.41) is 18.9. The number of hydrogen-bond acceptors (Lipinski definition) is 5. The highest BCUT2D eigenvalue weighted by molar-refractivity contribution is 7.91. The first kappa shape index (κ1) is 13.8. The van der Waals surface area contributed by atoms with Gasteiger partial charge in [-0.2, -0.15) is 0 Å². The van der Waals surface area contributed by atoms with Crippen LogP contribution in [0.4, 0.5) is 0 Å². The summed E-state index contributed by atoms with van der Waals surface area (Å²) >= 11 is 0. The van der Waals surface area contributed by atoms with Crippen molar-refractivity contribution in [3.63, 3.8) is 0 Å². The predicted octanol–water partition coefficient (Wildman–Crippen LogP) is -0.669. The normalized spacial score (nSPS) is 35.4. The molecule has 2 unspecified atom stereocenters. The van der Waals surface area contributed by atoms with Gasteiger partial charge in [-0.05, 0) is 32.9 Å². The summed E-state index contributed by atoms with van der Waals surface area (Å²) in [5.74, 6) is -0.996.